The molecule has 1 aliphatic rings. The third kappa shape index (κ3) is 3.80. The van der Waals surface area contributed by atoms with E-state index >= 15 is 0 Å². The summed E-state index contributed by atoms with van der Waals surface area (Å²) in [7, 11) is -3.21. The van der Waals surface area contributed by atoms with E-state index < -0.39 is 10.0 Å². The van der Waals surface area contributed by atoms with Crippen molar-refractivity contribution in [2.75, 3.05) is 5.75 Å². The van der Waals surface area contributed by atoms with Crippen LogP contribution in [-0.4, -0.2) is 19.2 Å². The number of sulfonamides is 1. The molecule has 3 rings (SSSR count). The normalized spacial score (nSPS) is 16.6. The Morgan fingerprint density at radius 3 is 2.67 bits per heavy atom. The van der Waals surface area contributed by atoms with E-state index in [1.807, 2.05) is 36.4 Å². The van der Waals surface area contributed by atoms with Gasteiger partial charge in [0.05, 0.1) is 23.5 Å². The molecule has 0 atom stereocenters. The fourth-order valence-electron chi connectivity index (χ4n) is 2.94. The third-order valence-electron chi connectivity index (χ3n) is 4.06. The minimum atomic E-state index is -3.21. The average Bonchev–Trinajstić information content (AvgIpc) is 2.97. The van der Waals surface area contributed by atoms with Gasteiger partial charge in [0.2, 0.25) is 10.0 Å². The van der Waals surface area contributed by atoms with Gasteiger partial charge in [-0.15, -0.1) is 0 Å². The first-order valence-electron chi connectivity index (χ1n) is 7.44. The number of rotatable bonds is 5. The molecule has 0 bridgehead atoms. The topological polar surface area (TPSA) is 59.1 Å². The van der Waals surface area contributed by atoms with Gasteiger partial charge in [0, 0.05) is 5.39 Å². The molecule has 4 nitrogen and oxygen atoms in total. The second-order valence-corrected chi connectivity index (χ2v) is 7.60. The van der Waals surface area contributed by atoms with Crippen molar-refractivity contribution in [3.63, 3.8) is 0 Å². The maximum Gasteiger partial charge on any atom is 0.212 e. The van der Waals surface area contributed by atoms with E-state index in [0.29, 0.717) is 5.92 Å². The molecule has 21 heavy (non-hydrogen) atoms. The number of hydrogen-bond acceptors (Lipinski definition) is 3. The summed E-state index contributed by atoms with van der Waals surface area (Å²) in [4.78, 5) is 4.48. The van der Waals surface area contributed by atoms with Crippen LogP contribution >= 0.6 is 0 Å². The Kier molecular flexibility index (Phi) is 4.22. The zero-order chi connectivity index (χ0) is 14.7. The highest BCUT2D eigenvalue weighted by molar-refractivity contribution is 7.89. The molecule has 112 valence electrons. The van der Waals surface area contributed by atoms with Gasteiger partial charge >= 0.3 is 0 Å². The summed E-state index contributed by atoms with van der Waals surface area (Å²) in [6.45, 7) is 0.264. The van der Waals surface area contributed by atoms with Crippen molar-refractivity contribution in [2.24, 2.45) is 5.92 Å². The van der Waals surface area contributed by atoms with Crippen LogP contribution in [0.5, 0.6) is 0 Å². The molecule has 2 aromatic rings. The van der Waals surface area contributed by atoms with Crippen molar-refractivity contribution in [1.82, 2.24) is 9.71 Å². The molecule has 0 spiro atoms. The number of fused-ring (bicyclic) bond motifs is 1. The molecule has 1 aliphatic carbocycles. The van der Waals surface area contributed by atoms with Gasteiger partial charge in [-0.05, 0) is 30.9 Å². The van der Waals surface area contributed by atoms with Gasteiger partial charge < -0.3 is 0 Å². The lowest BCUT2D eigenvalue weighted by Gasteiger charge is -2.11. The summed E-state index contributed by atoms with van der Waals surface area (Å²) in [6.07, 6.45) is 4.39. The Bertz CT molecular complexity index is 722. The Hall–Kier alpha value is -1.46. The van der Waals surface area contributed by atoms with Crippen molar-refractivity contribution in [3.8, 4) is 0 Å². The van der Waals surface area contributed by atoms with Crippen LogP contribution in [0, 0.1) is 5.92 Å². The van der Waals surface area contributed by atoms with E-state index in [9.17, 15) is 8.42 Å². The van der Waals surface area contributed by atoms with Crippen LogP contribution in [0.25, 0.3) is 10.9 Å². The summed E-state index contributed by atoms with van der Waals surface area (Å²) in [5.41, 5.74) is 1.65. The first kappa shape index (κ1) is 14.5. The highest BCUT2D eigenvalue weighted by Gasteiger charge is 2.22. The Morgan fingerprint density at radius 2 is 1.86 bits per heavy atom. The fraction of sp³-hybridized carbons (Fsp3) is 0.438. The van der Waals surface area contributed by atoms with Crippen molar-refractivity contribution in [2.45, 2.75) is 32.2 Å². The number of benzene rings is 1. The second kappa shape index (κ2) is 6.12. The average molecular weight is 304 g/mol. The monoisotopic (exact) mass is 304 g/mol. The van der Waals surface area contributed by atoms with Gasteiger partial charge in [-0.25, -0.2) is 13.1 Å². The number of nitrogens with zero attached hydrogens (tertiary/aromatic N) is 1. The Balaban J connectivity index is 1.64. The first-order chi connectivity index (χ1) is 10.1. The van der Waals surface area contributed by atoms with Crippen molar-refractivity contribution < 1.29 is 8.42 Å². The quantitative estimate of drug-likeness (QED) is 0.924. The smallest absolute Gasteiger partial charge is 0.212 e. The molecule has 1 aromatic carbocycles. The summed E-state index contributed by atoms with van der Waals surface area (Å²) in [5, 5.41) is 1.06. The number of nitrogens with one attached hydrogen (secondary N) is 1. The highest BCUT2D eigenvalue weighted by Crippen LogP contribution is 2.25. The predicted molar refractivity (Wildman–Crippen MR) is 84.3 cm³/mol. The minimum absolute atomic E-state index is 0.251. The van der Waals surface area contributed by atoms with E-state index in [0.717, 1.165) is 42.3 Å². The summed E-state index contributed by atoms with van der Waals surface area (Å²) >= 11 is 0. The van der Waals surface area contributed by atoms with Gasteiger partial charge in [-0.1, -0.05) is 37.1 Å². The van der Waals surface area contributed by atoms with E-state index in [1.165, 1.54) is 0 Å². The predicted octanol–water partition coefficient (Wildman–Crippen LogP) is 2.84. The number of hydrogen-bond donors (Lipinski definition) is 1. The molecule has 1 aromatic heterocycles. The van der Waals surface area contributed by atoms with E-state index in [-0.39, 0.29) is 12.3 Å². The van der Waals surface area contributed by atoms with Gasteiger partial charge in [-0.2, -0.15) is 0 Å². The van der Waals surface area contributed by atoms with E-state index in [4.69, 9.17) is 0 Å². The standard InChI is InChI=1S/C16H20N2O2S/c19-21(20,12-13-5-1-2-6-13)17-11-15-10-9-14-7-3-4-8-16(14)18-15/h3-4,7-10,13,17H,1-2,5-6,11-12H2. The lowest BCUT2D eigenvalue weighted by atomic mass is 10.1. The van der Waals surface area contributed by atoms with Crippen LogP contribution in [0.15, 0.2) is 36.4 Å². The molecule has 0 radical (unpaired) electrons. The summed E-state index contributed by atoms with van der Waals surface area (Å²) in [5.74, 6) is 0.577. The summed E-state index contributed by atoms with van der Waals surface area (Å²) in [6, 6.07) is 11.7. The Morgan fingerprint density at radius 1 is 1.10 bits per heavy atom. The zero-order valence-corrected chi connectivity index (χ0v) is 12.8. The minimum Gasteiger partial charge on any atom is -0.251 e. The molecule has 0 unspecified atom stereocenters. The Labute approximate surface area is 125 Å². The molecule has 1 N–H and O–H groups in total. The van der Waals surface area contributed by atoms with Gasteiger partial charge in [0.15, 0.2) is 0 Å². The van der Waals surface area contributed by atoms with Crippen LogP contribution in [0.2, 0.25) is 0 Å². The van der Waals surface area contributed by atoms with Crippen molar-refractivity contribution in [1.29, 1.82) is 0 Å². The van der Waals surface area contributed by atoms with Crippen LogP contribution in [0.1, 0.15) is 31.4 Å². The van der Waals surface area contributed by atoms with Gasteiger partial charge in [-0.3, -0.25) is 4.98 Å². The van der Waals surface area contributed by atoms with Crippen LogP contribution in [0.3, 0.4) is 0 Å². The molecule has 0 amide bonds. The lowest BCUT2D eigenvalue weighted by molar-refractivity contribution is 0.547. The maximum atomic E-state index is 12.1. The molecule has 0 aliphatic heterocycles. The molecular formula is C16H20N2O2S. The number of aromatic nitrogens is 1. The molecule has 0 saturated heterocycles. The van der Waals surface area contributed by atoms with Gasteiger partial charge in [0.1, 0.15) is 0 Å². The molecule has 1 saturated carbocycles. The SMILES string of the molecule is O=S(=O)(CC1CCCC1)NCc1ccc2ccccc2n1. The second-order valence-electron chi connectivity index (χ2n) is 5.75. The van der Waals surface area contributed by atoms with Crippen LogP contribution in [0.4, 0.5) is 0 Å². The van der Waals surface area contributed by atoms with Crippen LogP contribution < -0.4 is 4.72 Å². The molecule has 1 heterocycles. The van der Waals surface area contributed by atoms with E-state index in [2.05, 4.69) is 9.71 Å². The third-order valence-corrected chi connectivity index (χ3v) is 5.55. The molecule has 5 heteroatoms. The number of pyridine rings is 1. The van der Waals surface area contributed by atoms with Crippen molar-refractivity contribution >= 4 is 20.9 Å². The molecular weight excluding hydrogens is 284 g/mol. The maximum absolute atomic E-state index is 12.1. The zero-order valence-electron chi connectivity index (χ0n) is 12.0. The fourth-order valence-corrected chi connectivity index (χ4v) is 4.38. The highest BCUT2D eigenvalue weighted by atomic mass is 32.2. The van der Waals surface area contributed by atoms with Crippen molar-refractivity contribution in [3.05, 3.63) is 42.1 Å². The lowest BCUT2D eigenvalue weighted by Crippen LogP contribution is -2.29. The van der Waals surface area contributed by atoms with E-state index in [1.54, 1.807) is 0 Å². The largest absolute Gasteiger partial charge is 0.251 e. The molecule has 1 fully saturated rings. The number of para-hydroxylation sites is 1. The van der Waals surface area contributed by atoms with Crippen LogP contribution in [-0.2, 0) is 16.6 Å². The summed E-state index contributed by atoms with van der Waals surface area (Å²) < 4.78 is 26.8. The first-order valence-corrected chi connectivity index (χ1v) is 9.10. The van der Waals surface area contributed by atoms with Gasteiger partial charge in [0.25, 0.3) is 0 Å².